The molecule has 0 aromatic heterocycles. The zero-order valence-electron chi connectivity index (χ0n) is 6.60. The summed E-state index contributed by atoms with van der Waals surface area (Å²) < 4.78 is 0. The minimum atomic E-state index is -0.178. The van der Waals surface area contributed by atoms with E-state index in [2.05, 4.69) is 11.7 Å². The van der Waals surface area contributed by atoms with Gasteiger partial charge in [0.15, 0.2) is 5.78 Å². The Morgan fingerprint density at radius 3 is 2.45 bits per heavy atom. The molecule has 0 unspecified atom stereocenters. The van der Waals surface area contributed by atoms with Gasteiger partial charge in [-0.25, -0.2) is 0 Å². The van der Waals surface area contributed by atoms with E-state index >= 15 is 0 Å². The van der Waals surface area contributed by atoms with Crippen LogP contribution in [0.15, 0.2) is 27.9 Å². The number of nitrogens with zero attached hydrogens (tertiary/aromatic N) is 1. The maximum absolute atomic E-state index is 10.8. The second-order valence-corrected chi connectivity index (χ2v) is 2.32. The quantitative estimate of drug-likeness (QED) is 0.364. The molecule has 0 atom stereocenters. The smallest absolute Gasteiger partial charge is 0.179 e. The Kier molecular flexibility index (Phi) is 4.46. The van der Waals surface area contributed by atoms with Gasteiger partial charge in [0, 0.05) is 6.92 Å². The van der Waals surface area contributed by atoms with Gasteiger partial charge < -0.3 is 0 Å². The summed E-state index contributed by atoms with van der Waals surface area (Å²) in [6, 6.07) is 0. The summed E-state index contributed by atoms with van der Waals surface area (Å²) in [6.07, 6.45) is 3.34. The molecule has 0 aliphatic rings. The Balaban J connectivity index is 4.82. The monoisotopic (exact) mass is 171 g/mol. The molecule has 60 valence electrons. The van der Waals surface area contributed by atoms with E-state index in [1.165, 1.54) is 6.92 Å². The summed E-state index contributed by atoms with van der Waals surface area (Å²) in [7, 11) is 0. The number of hydrogen-bond acceptors (Lipinski definition) is 2. The fraction of sp³-hybridized carbons (Fsp3) is 0.250. The van der Waals surface area contributed by atoms with Gasteiger partial charge in [-0.3, -0.25) is 9.79 Å². The van der Waals surface area contributed by atoms with E-state index in [0.29, 0.717) is 5.03 Å². The van der Waals surface area contributed by atoms with Gasteiger partial charge in [0.05, 0.1) is 5.03 Å². The van der Waals surface area contributed by atoms with Crippen LogP contribution in [0.4, 0.5) is 0 Å². The number of halogens is 1. The molecule has 0 rings (SSSR count). The van der Waals surface area contributed by atoms with Crippen LogP contribution in [0.3, 0.4) is 0 Å². The average Bonchev–Trinajstić information content (AvgIpc) is 1.88. The molecule has 0 aromatic rings. The second-order valence-electron chi connectivity index (χ2n) is 1.91. The second kappa shape index (κ2) is 4.85. The minimum absolute atomic E-state index is 0.178. The number of ketones is 1. The lowest BCUT2D eigenvalue weighted by Crippen LogP contribution is -1.94. The fourth-order valence-corrected chi connectivity index (χ4v) is 0.899. The average molecular weight is 172 g/mol. The van der Waals surface area contributed by atoms with Gasteiger partial charge in [-0.05, 0) is 19.7 Å². The molecule has 3 heteroatoms. The van der Waals surface area contributed by atoms with Crippen LogP contribution in [0.2, 0.25) is 0 Å². The first-order valence-corrected chi connectivity index (χ1v) is 3.51. The summed E-state index contributed by atoms with van der Waals surface area (Å²) in [5, 5.41) is 0.329. The first-order valence-electron chi connectivity index (χ1n) is 3.13. The SMILES string of the molecule is C=N/C(C(C)=O)=C(Cl)\C=C/C. The van der Waals surface area contributed by atoms with Crippen LogP contribution in [0.25, 0.3) is 0 Å². The predicted octanol–water partition coefficient (Wildman–Crippen LogP) is 2.30. The standard InChI is InChI=1S/C8H10ClNO/c1-4-5-7(9)8(10-3)6(2)11/h4-5H,3H2,1-2H3/b5-4-,8-7+. The van der Waals surface area contributed by atoms with Crippen molar-refractivity contribution in [3.05, 3.63) is 22.9 Å². The van der Waals surface area contributed by atoms with Crippen molar-refractivity contribution in [2.24, 2.45) is 4.99 Å². The largest absolute Gasteiger partial charge is 0.293 e. The molecule has 0 aliphatic carbocycles. The maximum Gasteiger partial charge on any atom is 0.179 e. The molecule has 0 saturated carbocycles. The van der Waals surface area contributed by atoms with Crippen LogP contribution >= 0.6 is 11.6 Å². The third-order valence-electron chi connectivity index (χ3n) is 1.03. The first-order chi connectivity index (χ1) is 5.13. The van der Waals surface area contributed by atoms with Crippen LogP contribution < -0.4 is 0 Å². The van der Waals surface area contributed by atoms with Crippen molar-refractivity contribution in [2.45, 2.75) is 13.8 Å². The van der Waals surface area contributed by atoms with E-state index in [1.807, 2.05) is 6.92 Å². The number of allylic oxidation sites excluding steroid dienone is 4. The van der Waals surface area contributed by atoms with Gasteiger partial charge in [-0.2, -0.15) is 0 Å². The zero-order valence-corrected chi connectivity index (χ0v) is 7.35. The molecule has 0 fully saturated rings. The van der Waals surface area contributed by atoms with Crippen molar-refractivity contribution in [1.82, 2.24) is 0 Å². The zero-order chi connectivity index (χ0) is 8.85. The molecule has 0 N–H and O–H groups in total. The van der Waals surface area contributed by atoms with Crippen molar-refractivity contribution in [1.29, 1.82) is 0 Å². The Bertz CT molecular complexity index is 228. The maximum atomic E-state index is 10.8. The van der Waals surface area contributed by atoms with Gasteiger partial charge in [0.25, 0.3) is 0 Å². The normalized spacial score (nSPS) is 13.0. The van der Waals surface area contributed by atoms with Crippen LogP contribution in [0.1, 0.15) is 13.8 Å². The Labute approximate surface area is 71.3 Å². The molecule has 0 aromatic carbocycles. The Hall–Kier alpha value is -0.890. The summed E-state index contributed by atoms with van der Waals surface area (Å²) in [6.45, 7) is 6.45. The third-order valence-corrected chi connectivity index (χ3v) is 1.34. The van der Waals surface area contributed by atoms with Crippen molar-refractivity contribution < 1.29 is 4.79 Å². The lowest BCUT2D eigenvalue weighted by Gasteiger charge is -1.95. The molecule has 0 spiro atoms. The number of rotatable bonds is 3. The van der Waals surface area contributed by atoms with Crippen LogP contribution in [-0.2, 0) is 4.79 Å². The van der Waals surface area contributed by atoms with E-state index in [4.69, 9.17) is 11.6 Å². The molecule has 0 bridgehead atoms. The minimum Gasteiger partial charge on any atom is -0.293 e. The lowest BCUT2D eigenvalue weighted by atomic mass is 10.3. The van der Waals surface area contributed by atoms with Crippen molar-refractivity contribution in [3.8, 4) is 0 Å². The topological polar surface area (TPSA) is 29.4 Å². The van der Waals surface area contributed by atoms with E-state index in [9.17, 15) is 4.79 Å². The van der Waals surface area contributed by atoms with Crippen LogP contribution in [0, 0.1) is 0 Å². The van der Waals surface area contributed by atoms with Gasteiger partial charge >= 0.3 is 0 Å². The highest BCUT2D eigenvalue weighted by Crippen LogP contribution is 2.12. The fourth-order valence-electron chi connectivity index (χ4n) is 0.580. The van der Waals surface area contributed by atoms with E-state index in [0.717, 1.165) is 0 Å². The molecular formula is C8H10ClNO. The highest BCUT2D eigenvalue weighted by Gasteiger charge is 2.03. The molecule has 11 heavy (non-hydrogen) atoms. The lowest BCUT2D eigenvalue weighted by molar-refractivity contribution is -0.113. The molecule has 0 heterocycles. The first kappa shape index (κ1) is 10.1. The molecule has 0 amide bonds. The summed E-state index contributed by atoms with van der Waals surface area (Å²) in [5.74, 6) is -0.178. The number of carbonyl (C=O) groups excluding carboxylic acids is 1. The summed E-state index contributed by atoms with van der Waals surface area (Å²) >= 11 is 5.68. The van der Waals surface area contributed by atoms with Crippen molar-refractivity contribution in [3.63, 3.8) is 0 Å². The van der Waals surface area contributed by atoms with Gasteiger partial charge in [0.2, 0.25) is 0 Å². The van der Waals surface area contributed by atoms with Gasteiger partial charge in [0.1, 0.15) is 5.70 Å². The number of hydrogen-bond donors (Lipinski definition) is 0. The van der Waals surface area contributed by atoms with Crippen LogP contribution in [0.5, 0.6) is 0 Å². The van der Waals surface area contributed by atoms with E-state index in [-0.39, 0.29) is 11.5 Å². The van der Waals surface area contributed by atoms with Crippen LogP contribution in [-0.4, -0.2) is 12.5 Å². The molecule has 2 nitrogen and oxygen atoms in total. The van der Waals surface area contributed by atoms with E-state index in [1.54, 1.807) is 12.2 Å². The highest BCUT2D eigenvalue weighted by atomic mass is 35.5. The van der Waals surface area contributed by atoms with Crippen molar-refractivity contribution >= 4 is 24.1 Å². The summed E-state index contributed by atoms with van der Waals surface area (Å²) in [5.41, 5.74) is 0.213. The summed E-state index contributed by atoms with van der Waals surface area (Å²) in [4.78, 5) is 14.3. The Morgan fingerprint density at radius 1 is 1.64 bits per heavy atom. The highest BCUT2D eigenvalue weighted by molar-refractivity contribution is 6.33. The predicted molar refractivity (Wildman–Crippen MR) is 47.9 cm³/mol. The van der Waals surface area contributed by atoms with Gasteiger partial charge in [-0.15, -0.1) is 0 Å². The number of carbonyl (C=O) groups is 1. The van der Waals surface area contributed by atoms with Crippen molar-refractivity contribution in [2.75, 3.05) is 0 Å². The molecule has 0 aliphatic heterocycles. The number of aliphatic imine (C=N–C) groups is 1. The molecule has 0 radical (unpaired) electrons. The van der Waals surface area contributed by atoms with E-state index < -0.39 is 0 Å². The Morgan fingerprint density at radius 2 is 2.18 bits per heavy atom. The molecular weight excluding hydrogens is 162 g/mol. The third kappa shape index (κ3) is 3.14. The molecule has 0 saturated heterocycles. The van der Waals surface area contributed by atoms with Gasteiger partial charge in [-0.1, -0.05) is 17.7 Å². The number of Topliss-reactive ketones (excluding diaryl/α,β-unsaturated/α-hetero) is 1.